The van der Waals surface area contributed by atoms with E-state index in [4.69, 9.17) is 5.73 Å². The third-order valence-corrected chi connectivity index (χ3v) is 3.12. The predicted octanol–water partition coefficient (Wildman–Crippen LogP) is 0.217. The minimum Gasteiger partial charge on any atom is -0.330 e. The number of imide groups is 1. The van der Waals surface area contributed by atoms with Crippen molar-refractivity contribution >= 4 is 23.6 Å². The highest BCUT2D eigenvalue weighted by Gasteiger charge is 2.25. The Bertz CT molecular complexity index is 221. The van der Waals surface area contributed by atoms with Crippen molar-refractivity contribution in [2.45, 2.75) is 19.3 Å². The maximum Gasteiger partial charge on any atom is 0.239 e. The molecule has 1 fully saturated rings. The molecule has 0 bridgehead atoms. The Kier molecular flexibility index (Phi) is 4.97. The molecule has 1 aliphatic heterocycles. The zero-order valence-corrected chi connectivity index (χ0v) is 9.02. The van der Waals surface area contributed by atoms with Gasteiger partial charge in [-0.2, -0.15) is 11.8 Å². The van der Waals surface area contributed by atoms with Gasteiger partial charge in [0.1, 0.15) is 0 Å². The van der Waals surface area contributed by atoms with Crippen LogP contribution in [0.5, 0.6) is 0 Å². The van der Waals surface area contributed by atoms with Crippen LogP contribution in [0.4, 0.5) is 0 Å². The van der Waals surface area contributed by atoms with Crippen LogP contribution in [0.3, 0.4) is 0 Å². The van der Waals surface area contributed by atoms with Gasteiger partial charge in [0.2, 0.25) is 11.8 Å². The molecule has 0 spiro atoms. The molecule has 0 aromatic heterocycles. The van der Waals surface area contributed by atoms with E-state index < -0.39 is 0 Å². The lowest BCUT2D eigenvalue weighted by molar-refractivity contribution is -0.140. The lowest BCUT2D eigenvalue weighted by atomic mass is 10.4. The van der Waals surface area contributed by atoms with Gasteiger partial charge in [-0.15, -0.1) is 0 Å². The van der Waals surface area contributed by atoms with Gasteiger partial charge >= 0.3 is 0 Å². The number of nitrogens with two attached hydrogens (primary N) is 1. The van der Waals surface area contributed by atoms with Gasteiger partial charge in [0.15, 0.2) is 0 Å². The van der Waals surface area contributed by atoms with Crippen LogP contribution in [-0.2, 0) is 9.59 Å². The number of carbonyl (C=O) groups excluding carboxylic acids is 2. The average molecular weight is 216 g/mol. The molecule has 0 saturated carbocycles. The Hall–Kier alpha value is -0.550. The van der Waals surface area contributed by atoms with Crippen LogP contribution in [0.2, 0.25) is 0 Å². The highest BCUT2D eigenvalue weighted by atomic mass is 32.2. The first kappa shape index (κ1) is 11.5. The first-order valence-corrected chi connectivity index (χ1v) is 6.02. The molecule has 0 atom stereocenters. The summed E-state index contributed by atoms with van der Waals surface area (Å²) >= 11 is 1.55. The zero-order valence-electron chi connectivity index (χ0n) is 8.20. The summed E-state index contributed by atoms with van der Waals surface area (Å²) in [7, 11) is 0. The summed E-state index contributed by atoms with van der Waals surface area (Å²) in [6.07, 6.45) is 2.27. The fourth-order valence-electron chi connectivity index (χ4n) is 1.33. The zero-order chi connectivity index (χ0) is 10.4. The van der Waals surface area contributed by atoms with Crippen molar-refractivity contribution in [2.75, 3.05) is 24.6 Å². The number of hydrogen-bond acceptors (Lipinski definition) is 4. The van der Waals surface area contributed by atoms with Crippen molar-refractivity contribution in [3.63, 3.8) is 0 Å². The highest BCUT2D eigenvalue weighted by molar-refractivity contribution is 7.99. The van der Waals surface area contributed by atoms with E-state index in [0.29, 0.717) is 25.3 Å². The van der Waals surface area contributed by atoms with Crippen molar-refractivity contribution in [1.82, 2.24) is 4.90 Å². The van der Waals surface area contributed by atoms with E-state index in [-0.39, 0.29) is 11.8 Å². The van der Waals surface area contributed by atoms with Crippen molar-refractivity contribution in [3.8, 4) is 0 Å². The van der Waals surface area contributed by atoms with Gasteiger partial charge in [-0.25, -0.2) is 0 Å². The van der Waals surface area contributed by atoms with Gasteiger partial charge in [-0.3, -0.25) is 14.5 Å². The van der Waals surface area contributed by atoms with E-state index in [2.05, 4.69) is 0 Å². The van der Waals surface area contributed by atoms with Crippen molar-refractivity contribution < 1.29 is 9.59 Å². The molecule has 2 N–H and O–H groups in total. The van der Waals surface area contributed by atoms with Crippen LogP contribution >= 0.6 is 11.8 Å². The van der Waals surface area contributed by atoms with Gasteiger partial charge in [-0.1, -0.05) is 0 Å². The molecule has 14 heavy (non-hydrogen) atoms. The SMILES string of the molecule is NCCCSCC(=O)N1CCCC1=O. The smallest absolute Gasteiger partial charge is 0.239 e. The Morgan fingerprint density at radius 1 is 1.57 bits per heavy atom. The third-order valence-electron chi connectivity index (χ3n) is 2.09. The molecule has 0 aliphatic carbocycles. The van der Waals surface area contributed by atoms with Crippen molar-refractivity contribution in [3.05, 3.63) is 0 Å². The first-order chi connectivity index (χ1) is 6.75. The molecule has 5 heteroatoms. The summed E-state index contributed by atoms with van der Waals surface area (Å²) in [5.41, 5.74) is 5.33. The summed E-state index contributed by atoms with van der Waals surface area (Å²) in [6.45, 7) is 1.26. The summed E-state index contributed by atoms with van der Waals surface area (Å²) < 4.78 is 0. The summed E-state index contributed by atoms with van der Waals surface area (Å²) in [6, 6.07) is 0. The predicted molar refractivity (Wildman–Crippen MR) is 57.0 cm³/mol. The molecule has 0 radical (unpaired) electrons. The molecule has 1 aliphatic rings. The van der Waals surface area contributed by atoms with Crippen LogP contribution in [0.25, 0.3) is 0 Å². The fraction of sp³-hybridized carbons (Fsp3) is 0.778. The van der Waals surface area contributed by atoms with E-state index in [1.165, 1.54) is 4.90 Å². The molecule has 1 saturated heterocycles. The molecular weight excluding hydrogens is 200 g/mol. The minimum absolute atomic E-state index is 0.0191. The summed E-state index contributed by atoms with van der Waals surface area (Å²) in [4.78, 5) is 24.0. The number of hydrogen-bond donors (Lipinski definition) is 1. The lowest BCUT2D eigenvalue weighted by Gasteiger charge is -2.12. The van der Waals surface area contributed by atoms with Crippen LogP contribution in [0, 0.1) is 0 Å². The first-order valence-electron chi connectivity index (χ1n) is 4.86. The number of carbonyl (C=O) groups is 2. The Balaban J connectivity index is 2.18. The Labute approximate surface area is 88.2 Å². The van der Waals surface area contributed by atoms with Crippen LogP contribution < -0.4 is 5.73 Å². The summed E-state index contributed by atoms with van der Waals surface area (Å²) in [5.74, 6) is 1.24. The normalized spacial score (nSPS) is 16.4. The van der Waals surface area contributed by atoms with Gasteiger partial charge in [0, 0.05) is 13.0 Å². The quantitative estimate of drug-likeness (QED) is 0.668. The average Bonchev–Trinajstić information content (AvgIpc) is 2.59. The molecule has 0 aromatic rings. The molecular formula is C9H16N2O2S. The van der Waals surface area contributed by atoms with E-state index in [9.17, 15) is 9.59 Å². The van der Waals surface area contributed by atoms with Crippen molar-refractivity contribution in [1.29, 1.82) is 0 Å². The summed E-state index contributed by atoms with van der Waals surface area (Å²) in [5, 5.41) is 0. The second kappa shape index (κ2) is 6.03. The number of amides is 2. The van der Waals surface area contributed by atoms with Gasteiger partial charge in [0.25, 0.3) is 0 Å². The van der Waals surface area contributed by atoms with Gasteiger partial charge in [0.05, 0.1) is 5.75 Å². The molecule has 80 valence electrons. The van der Waals surface area contributed by atoms with E-state index in [0.717, 1.165) is 18.6 Å². The molecule has 1 heterocycles. The monoisotopic (exact) mass is 216 g/mol. The highest BCUT2D eigenvalue weighted by Crippen LogP contribution is 2.12. The molecule has 4 nitrogen and oxygen atoms in total. The third kappa shape index (κ3) is 3.31. The largest absolute Gasteiger partial charge is 0.330 e. The maximum absolute atomic E-state index is 11.5. The topological polar surface area (TPSA) is 63.4 Å². The van der Waals surface area contributed by atoms with Gasteiger partial charge < -0.3 is 5.73 Å². The number of thioether (sulfide) groups is 1. The van der Waals surface area contributed by atoms with E-state index in [1.54, 1.807) is 11.8 Å². The van der Waals surface area contributed by atoms with E-state index >= 15 is 0 Å². The van der Waals surface area contributed by atoms with Gasteiger partial charge in [-0.05, 0) is 25.1 Å². The van der Waals surface area contributed by atoms with Crippen LogP contribution in [0.1, 0.15) is 19.3 Å². The van der Waals surface area contributed by atoms with Crippen molar-refractivity contribution in [2.24, 2.45) is 5.73 Å². The number of nitrogens with zero attached hydrogens (tertiary/aromatic N) is 1. The maximum atomic E-state index is 11.5. The Morgan fingerprint density at radius 3 is 2.93 bits per heavy atom. The van der Waals surface area contributed by atoms with Crippen LogP contribution in [0.15, 0.2) is 0 Å². The van der Waals surface area contributed by atoms with E-state index in [1.807, 2.05) is 0 Å². The number of rotatable bonds is 5. The minimum atomic E-state index is -0.0467. The second-order valence-corrected chi connectivity index (χ2v) is 4.34. The number of likely N-dealkylation sites (tertiary alicyclic amines) is 1. The fourth-order valence-corrected chi connectivity index (χ4v) is 2.18. The van der Waals surface area contributed by atoms with Crippen LogP contribution in [-0.4, -0.2) is 41.3 Å². The molecule has 1 rings (SSSR count). The molecule has 2 amide bonds. The lowest BCUT2D eigenvalue weighted by Crippen LogP contribution is -2.33. The molecule has 0 unspecified atom stereocenters. The second-order valence-electron chi connectivity index (χ2n) is 3.24. The standard InChI is InChI=1S/C9H16N2O2S/c10-4-2-6-14-7-9(13)11-5-1-3-8(11)12/h1-7,10H2. The Morgan fingerprint density at radius 2 is 2.36 bits per heavy atom. The molecule has 0 aromatic carbocycles.